The Labute approximate surface area is 124 Å². The van der Waals surface area contributed by atoms with Crippen LogP contribution in [0.4, 0.5) is 4.79 Å². The van der Waals surface area contributed by atoms with E-state index in [9.17, 15) is 14.7 Å². The fourth-order valence-corrected chi connectivity index (χ4v) is 4.52. The molecule has 3 atom stereocenters. The predicted octanol–water partition coefficient (Wildman–Crippen LogP) is 2.61. The number of aliphatic carboxylic acids is 1. The van der Waals surface area contributed by atoms with Crippen LogP contribution in [-0.4, -0.2) is 56.7 Å². The number of carboxylic acid groups (broad SMARTS) is 1. The smallest absolute Gasteiger partial charge is 0.327 e. The summed E-state index contributed by atoms with van der Waals surface area (Å²) in [5, 5.41) is 9.37. The van der Waals surface area contributed by atoms with Crippen molar-refractivity contribution in [1.29, 1.82) is 0 Å². The van der Waals surface area contributed by atoms with Gasteiger partial charge in [-0.3, -0.25) is 4.90 Å². The third-order valence-electron chi connectivity index (χ3n) is 4.18. The van der Waals surface area contributed by atoms with Crippen molar-refractivity contribution in [3.63, 3.8) is 0 Å². The maximum Gasteiger partial charge on any atom is 0.327 e. The van der Waals surface area contributed by atoms with Crippen molar-refractivity contribution in [3.8, 4) is 0 Å². The summed E-state index contributed by atoms with van der Waals surface area (Å²) in [5.41, 5.74) is 0. The molecule has 2 fully saturated rings. The Morgan fingerprint density at radius 3 is 2.70 bits per heavy atom. The average Bonchev–Trinajstić information content (AvgIpc) is 2.83. The summed E-state index contributed by atoms with van der Waals surface area (Å²) in [7, 11) is 0. The number of carboxylic acids is 1. The van der Waals surface area contributed by atoms with Gasteiger partial charge in [0.25, 0.3) is 0 Å². The Bertz CT molecular complexity index is 377. The van der Waals surface area contributed by atoms with Crippen molar-refractivity contribution in [2.45, 2.75) is 63.4 Å². The molecule has 6 heteroatoms. The summed E-state index contributed by atoms with van der Waals surface area (Å²) in [4.78, 5) is 27.7. The van der Waals surface area contributed by atoms with Gasteiger partial charge in [-0.25, -0.2) is 9.59 Å². The molecule has 0 radical (unpaired) electrons. The van der Waals surface area contributed by atoms with Gasteiger partial charge in [0.05, 0.1) is 5.37 Å². The Morgan fingerprint density at radius 2 is 2.10 bits per heavy atom. The minimum Gasteiger partial charge on any atom is -0.480 e. The van der Waals surface area contributed by atoms with Gasteiger partial charge in [0.1, 0.15) is 6.04 Å². The lowest BCUT2D eigenvalue weighted by molar-refractivity contribution is -0.141. The number of hydrogen-bond donors (Lipinski definition) is 1. The van der Waals surface area contributed by atoms with Crippen molar-refractivity contribution in [1.82, 2.24) is 9.80 Å². The summed E-state index contributed by atoms with van der Waals surface area (Å²) in [5.74, 6) is -0.373. The van der Waals surface area contributed by atoms with Gasteiger partial charge in [-0.2, -0.15) is 0 Å². The molecule has 0 aromatic heterocycles. The monoisotopic (exact) mass is 300 g/mol. The third kappa shape index (κ3) is 3.05. The summed E-state index contributed by atoms with van der Waals surface area (Å²) < 4.78 is 0. The largest absolute Gasteiger partial charge is 0.480 e. The standard InChI is InChI=1S/C14H24N2O3S/c1-3-6-12-16(11(9-20-12)13(17)18)14(19)15-8-5-4-7-10(15)2/h10-12H,3-9H2,1-2H3,(H,17,18). The Kier molecular flexibility index (Phi) is 5.18. The number of nitrogens with zero attached hydrogens (tertiary/aromatic N) is 2. The Morgan fingerprint density at radius 1 is 1.35 bits per heavy atom. The number of carbonyl (C=O) groups excluding carboxylic acids is 1. The molecule has 0 saturated carbocycles. The van der Waals surface area contributed by atoms with Gasteiger partial charge in [0, 0.05) is 18.3 Å². The quantitative estimate of drug-likeness (QED) is 0.870. The molecule has 20 heavy (non-hydrogen) atoms. The number of amides is 2. The molecule has 3 unspecified atom stereocenters. The average molecular weight is 300 g/mol. The van der Waals surface area contributed by atoms with Gasteiger partial charge in [0.15, 0.2) is 0 Å². The van der Waals surface area contributed by atoms with E-state index in [1.54, 1.807) is 16.7 Å². The van der Waals surface area contributed by atoms with Gasteiger partial charge < -0.3 is 10.0 Å². The number of carbonyl (C=O) groups is 2. The zero-order valence-corrected chi connectivity index (χ0v) is 13.1. The lowest BCUT2D eigenvalue weighted by atomic mass is 10.0. The molecule has 2 aliphatic heterocycles. The molecule has 2 saturated heterocycles. The first-order valence-electron chi connectivity index (χ1n) is 7.49. The van der Waals surface area contributed by atoms with E-state index in [1.807, 2.05) is 4.90 Å². The van der Waals surface area contributed by atoms with Crippen LogP contribution in [0.25, 0.3) is 0 Å². The fourth-order valence-electron chi connectivity index (χ4n) is 3.01. The van der Waals surface area contributed by atoms with Crippen LogP contribution in [0.5, 0.6) is 0 Å². The molecule has 0 aromatic carbocycles. The highest BCUT2D eigenvalue weighted by atomic mass is 32.2. The van der Waals surface area contributed by atoms with E-state index in [4.69, 9.17) is 0 Å². The van der Waals surface area contributed by atoms with E-state index < -0.39 is 12.0 Å². The maximum atomic E-state index is 12.8. The highest BCUT2D eigenvalue weighted by molar-refractivity contribution is 8.00. The highest BCUT2D eigenvalue weighted by Gasteiger charge is 2.43. The lowest BCUT2D eigenvalue weighted by Crippen LogP contribution is -2.54. The first-order valence-corrected chi connectivity index (χ1v) is 8.54. The number of urea groups is 1. The highest BCUT2D eigenvalue weighted by Crippen LogP contribution is 2.34. The fraction of sp³-hybridized carbons (Fsp3) is 0.857. The van der Waals surface area contributed by atoms with Crippen LogP contribution in [0.3, 0.4) is 0 Å². The second-order valence-corrected chi connectivity index (χ2v) is 6.87. The lowest BCUT2D eigenvalue weighted by Gasteiger charge is -2.39. The maximum absolute atomic E-state index is 12.8. The second-order valence-electron chi connectivity index (χ2n) is 5.66. The van der Waals surface area contributed by atoms with Crippen LogP contribution in [0, 0.1) is 0 Å². The molecule has 1 N–H and O–H groups in total. The molecule has 2 rings (SSSR count). The topological polar surface area (TPSA) is 60.9 Å². The molecule has 0 aromatic rings. The Hall–Kier alpha value is -0.910. The van der Waals surface area contributed by atoms with Crippen molar-refractivity contribution in [3.05, 3.63) is 0 Å². The molecule has 2 aliphatic rings. The zero-order chi connectivity index (χ0) is 14.7. The molecule has 2 heterocycles. The van der Waals surface area contributed by atoms with E-state index in [2.05, 4.69) is 13.8 Å². The van der Waals surface area contributed by atoms with E-state index >= 15 is 0 Å². The van der Waals surface area contributed by atoms with E-state index in [-0.39, 0.29) is 17.4 Å². The minimum atomic E-state index is -0.880. The van der Waals surface area contributed by atoms with Crippen LogP contribution < -0.4 is 0 Å². The number of hydrogen-bond acceptors (Lipinski definition) is 3. The van der Waals surface area contributed by atoms with Gasteiger partial charge in [-0.1, -0.05) is 13.3 Å². The van der Waals surface area contributed by atoms with E-state index in [0.717, 1.165) is 38.6 Å². The van der Waals surface area contributed by atoms with Crippen molar-refractivity contribution < 1.29 is 14.7 Å². The van der Waals surface area contributed by atoms with Gasteiger partial charge in [0.2, 0.25) is 0 Å². The number of rotatable bonds is 3. The molecule has 2 amide bonds. The zero-order valence-electron chi connectivity index (χ0n) is 12.2. The summed E-state index contributed by atoms with van der Waals surface area (Å²) in [6.45, 7) is 4.89. The molecule has 0 bridgehead atoms. The summed E-state index contributed by atoms with van der Waals surface area (Å²) in [6.07, 6.45) is 5.02. The molecule has 114 valence electrons. The third-order valence-corrected chi connectivity index (χ3v) is 5.54. The number of piperidine rings is 1. The number of thioether (sulfide) groups is 1. The summed E-state index contributed by atoms with van der Waals surface area (Å²) in [6, 6.07) is -0.523. The van der Waals surface area contributed by atoms with Crippen LogP contribution in [0.15, 0.2) is 0 Å². The Balaban J connectivity index is 2.15. The van der Waals surface area contributed by atoms with Crippen molar-refractivity contribution >= 4 is 23.8 Å². The van der Waals surface area contributed by atoms with Crippen LogP contribution in [0.1, 0.15) is 46.0 Å². The van der Waals surface area contributed by atoms with Gasteiger partial charge in [-0.05, 0) is 32.6 Å². The van der Waals surface area contributed by atoms with E-state index in [0.29, 0.717) is 5.75 Å². The first-order chi connectivity index (χ1) is 9.56. The van der Waals surface area contributed by atoms with E-state index in [1.165, 1.54) is 0 Å². The van der Waals surface area contributed by atoms with Gasteiger partial charge >= 0.3 is 12.0 Å². The van der Waals surface area contributed by atoms with Gasteiger partial charge in [-0.15, -0.1) is 11.8 Å². The first kappa shape index (κ1) is 15.5. The predicted molar refractivity (Wildman–Crippen MR) is 79.8 cm³/mol. The molecular weight excluding hydrogens is 276 g/mol. The molecular formula is C14H24N2O3S. The summed E-state index contributed by atoms with van der Waals surface area (Å²) >= 11 is 1.60. The molecule has 0 aliphatic carbocycles. The van der Waals surface area contributed by atoms with Crippen molar-refractivity contribution in [2.75, 3.05) is 12.3 Å². The van der Waals surface area contributed by atoms with Crippen molar-refractivity contribution in [2.24, 2.45) is 0 Å². The molecule has 5 nitrogen and oxygen atoms in total. The van der Waals surface area contributed by atoms with Crippen LogP contribution in [0.2, 0.25) is 0 Å². The normalized spacial score (nSPS) is 30.6. The minimum absolute atomic E-state index is 0.0164. The van der Waals surface area contributed by atoms with Crippen LogP contribution in [-0.2, 0) is 4.79 Å². The SMILES string of the molecule is CCCC1SCC(C(=O)O)N1C(=O)N1CCCCC1C. The number of likely N-dealkylation sites (tertiary alicyclic amines) is 1. The molecule has 0 spiro atoms. The second kappa shape index (κ2) is 6.70. The van der Waals surface area contributed by atoms with Crippen LogP contribution >= 0.6 is 11.8 Å².